The topological polar surface area (TPSA) is 74.0 Å². The predicted molar refractivity (Wildman–Crippen MR) is 123 cm³/mol. The van der Waals surface area contributed by atoms with Gasteiger partial charge in [-0.15, -0.1) is 11.3 Å². The number of thiophene rings is 1. The molecule has 0 radical (unpaired) electrons. The minimum Gasteiger partial charge on any atom is -0.497 e. The van der Waals surface area contributed by atoms with Gasteiger partial charge >= 0.3 is 0 Å². The highest BCUT2D eigenvalue weighted by molar-refractivity contribution is 7.20. The Bertz CT molecular complexity index is 1200. The number of amides is 1. The van der Waals surface area contributed by atoms with E-state index in [-0.39, 0.29) is 11.9 Å². The van der Waals surface area contributed by atoms with Crippen molar-refractivity contribution in [3.05, 3.63) is 64.7 Å². The quantitative estimate of drug-likeness (QED) is 0.467. The maximum Gasteiger partial charge on any atom is 0.262 e. The summed E-state index contributed by atoms with van der Waals surface area (Å²) in [6, 6.07) is 9.25. The Morgan fingerprint density at radius 3 is 2.61 bits per heavy atom. The second-order valence-corrected chi connectivity index (χ2v) is 9.10. The summed E-state index contributed by atoms with van der Waals surface area (Å²) in [5.74, 6) is 1.88. The zero-order valence-corrected chi connectivity index (χ0v) is 19.2. The molecule has 1 unspecified atom stereocenters. The summed E-state index contributed by atoms with van der Waals surface area (Å²) in [7, 11) is 3.56. The van der Waals surface area contributed by atoms with Crippen molar-refractivity contribution in [3.63, 3.8) is 0 Å². The molecule has 1 amide bonds. The maximum absolute atomic E-state index is 13.3. The first kappa shape index (κ1) is 21.1. The van der Waals surface area contributed by atoms with Gasteiger partial charge in [0.25, 0.3) is 5.91 Å². The monoisotopic (exact) mass is 437 g/mol. The third-order valence-electron chi connectivity index (χ3n) is 5.21. The van der Waals surface area contributed by atoms with Crippen LogP contribution >= 0.6 is 11.3 Å². The van der Waals surface area contributed by atoms with Crippen LogP contribution in [-0.2, 0) is 13.6 Å². The van der Waals surface area contributed by atoms with E-state index in [1.165, 1.54) is 11.3 Å². The molecule has 7 nitrogen and oxygen atoms in total. The first-order valence-corrected chi connectivity index (χ1v) is 11.1. The van der Waals surface area contributed by atoms with E-state index in [1.54, 1.807) is 13.3 Å². The van der Waals surface area contributed by atoms with Crippen molar-refractivity contribution in [1.82, 2.24) is 24.6 Å². The summed E-state index contributed by atoms with van der Waals surface area (Å²) in [6.45, 7) is 7.14. The lowest BCUT2D eigenvalue weighted by atomic mass is 10.1. The van der Waals surface area contributed by atoms with Crippen LogP contribution in [0.15, 0.2) is 42.7 Å². The smallest absolute Gasteiger partial charge is 0.262 e. The number of nitrogens with zero attached hydrogens (tertiary/aromatic N) is 4. The van der Waals surface area contributed by atoms with E-state index in [0.717, 1.165) is 39.6 Å². The molecular formula is C23H27N5O2S. The highest BCUT2D eigenvalue weighted by Gasteiger charge is 2.24. The largest absolute Gasteiger partial charge is 0.497 e. The molecule has 0 saturated carbocycles. The fraction of sp³-hybridized carbons (Fsp3) is 0.348. The first-order chi connectivity index (χ1) is 14.9. The van der Waals surface area contributed by atoms with E-state index in [4.69, 9.17) is 4.74 Å². The van der Waals surface area contributed by atoms with Gasteiger partial charge in [0.1, 0.15) is 22.4 Å². The summed E-state index contributed by atoms with van der Waals surface area (Å²) in [5.41, 5.74) is 1.88. The molecule has 162 valence electrons. The van der Waals surface area contributed by atoms with E-state index in [2.05, 4.69) is 29.2 Å². The van der Waals surface area contributed by atoms with Crippen LogP contribution in [0.3, 0.4) is 0 Å². The van der Waals surface area contributed by atoms with Crippen molar-refractivity contribution in [3.8, 4) is 5.75 Å². The van der Waals surface area contributed by atoms with Crippen LogP contribution in [0.5, 0.6) is 5.75 Å². The molecule has 0 spiro atoms. The Morgan fingerprint density at radius 1 is 1.26 bits per heavy atom. The number of aryl methyl sites for hydroxylation is 2. The molecule has 0 saturated heterocycles. The van der Waals surface area contributed by atoms with Gasteiger partial charge in [-0.25, -0.2) is 4.98 Å². The number of carbonyl (C=O) groups is 1. The van der Waals surface area contributed by atoms with Crippen molar-refractivity contribution in [2.75, 3.05) is 7.11 Å². The van der Waals surface area contributed by atoms with Gasteiger partial charge in [-0.1, -0.05) is 26.0 Å². The van der Waals surface area contributed by atoms with E-state index in [1.807, 2.05) is 59.7 Å². The molecular weight excluding hydrogens is 410 g/mol. The van der Waals surface area contributed by atoms with Crippen LogP contribution in [0.1, 0.15) is 46.6 Å². The third kappa shape index (κ3) is 4.20. The molecule has 4 aromatic rings. The van der Waals surface area contributed by atoms with E-state index in [0.29, 0.717) is 10.8 Å². The molecule has 0 aliphatic heterocycles. The minimum atomic E-state index is -0.378. The molecule has 4 rings (SSSR count). The lowest BCUT2D eigenvalue weighted by molar-refractivity contribution is 0.0945. The number of nitrogens with one attached hydrogen (secondary N) is 1. The number of rotatable bonds is 7. The van der Waals surface area contributed by atoms with E-state index >= 15 is 0 Å². The van der Waals surface area contributed by atoms with E-state index < -0.39 is 0 Å². The molecule has 0 fully saturated rings. The molecule has 0 aliphatic rings. The molecule has 0 bridgehead atoms. The summed E-state index contributed by atoms with van der Waals surface area (Å²) < 4.78 is 9.21. The van der Waals surface area contributed by atoms with Gasteiger partial charge in [-0.2, -0.15) is 5.10 Å². The van der Waals surface area contributed by atoms with Crippen LogP contribution in [0.4, 0.5) is 0 Å². The molecule has 1 atom stereocenters. The predicted octanol–water partition coefficient (Wildman–Crippen LogP) is 4.32. The molecule has 3 heterocycles. The van der Waals surface area contributed by atoms with Crippen molar-refractivity contribution < 1.29 is 9.53 Å². The SMILES string of the molecule is COc1ccc(C(NC(=O)c2cc3c(C)nn(CC(C)C)c3s2)c2nccn2C)cc1. The maximum atomic E-state index is 13.3. The van der Waals surface area contributed by atoms with Crippen LogP contribution in [0, 0.1) is 12.8 Å². The van der Waals surface area contributed by atoms with Gasteiger partial charge in [0.2, 0.25) is 0 Å². The molecule has 1 aromatic carbocycles. The first-order valence-electron chi connectivity index (χ1n) is 10.3. The van der Waals surface area contributed by atoms with Crippen molar-refractivity contribution >= 4 is 27.5 Å². The third-order valence-corrected chi connectivity index (χ3v) is 6.36. The fourth-order valence-electron chi connectivity index (χ4n) is 3.65. The Labute approximate surface area is 185 Å². The fourth-order valence-corrected chi connectivity index (χ4v) is 4.72. The summed E-state index contributed by atoms with van der Waals surface area (Å²) in [4.78, 5) is 19.5. The second kappa shape index (κ2) is 8.55. The van der Waals surface area contributed by atoms with Gasteiger partial charge in [-0.05, 0) is 36.6 Å². The van der Waals surface area contributed by atoms with Crippen LogP contribution in [0.25, 0.3) is 10.2 Å². The molecule has 8 heteroatoms. The minimum absolute atomic E-state index is 0.125. The Kier molecular flexibility index (Phi) is 5.82. The molecule has 31 heavy (non-hydrogen) atoms. The van der Waals surface area contributed by atoms with Gasteiger partial charge in [0.15, 0.2) is 0 Å². The van der Waals surface area contributed by atoms with Crippen LogP contribution in [0.2, 0.25) is 0 Å². The normalized spacial score (nSPS) is 12.5. The number of benzene rings is 1. The Balaban J connectivity index is 1.66. The number of ether oxygens (including phenoxy) is 1. The average Bonchev–Trinajstić information content (AvgIpc) is 3.44. The summed E-state index contributed by atoms with van der Waals surface area (Å²) in [6.07, 6.45) is 3.61. The lowest BCUT2D eigenvalue weighted by Gasteiger charge is -2.19. The number of hydrogen-bond acceptors (Lipinski definition) is 5. The van der Waals surface area contributed by atoms with Crippen molar-refractivity contribution in [1.29, 1.82) is 0 Å². The standard InChI is InChI=1S/C23H27N5O2S/c1-14(2)13-28-23-18(15(3)26-28)12-19(31-23)22(29)25-20(21-24-10-11-27(21)4)16-6-8-17(30-5)9-7-16/h6-12,14,20H,13H2,1-5H3,(H,25,29). The zero-order chi connectivity index (χ0) is 22.1. The van der Waals surface area contributed by atoms with E-state index in [9.17, 15) is 4.79 Å². The van der Waals surface area contributed by atoms with Gasteiger partial charge in [-0.3, -0.25) is 9.48 Å². The molecule has 0 aliphatic carbocycles. The van der Waals surface area contributed by atoms with Gasteiger partial charge in [0, 0.05) is 31.4 Å². The Hall–Kier alpha value is -3.13. The molecule has 1 N–H and O–H groups in total. The number of imidazole rings is 1. The number of methoxy groups -OCH3 is 1. The summed E-state index contributed by atoms with van der Waals surface area (Å²) in [5, 5.41) is 8.85. The highest BCUT2D eigenvalue weighted by Crippen LogP contribution is 2.30. The lowest BCUT2D eigenvalue weighted by Crippen LogP contribution is -2.30. The van der Waals surface area contributed by atoms with Gasteiger partial charge in [0.05, 0.1) is 17.7 Å². The number of aromatic nitrogens is 4. The number of carbonyl (C=O) groups excluding carboxylic acids is 1. The van der Waals surface area contributed by atoms with Gasteiger partial charge < -0.3 is 14.6 Å². The number of hydrogen-bond donors (Lipinski definition) is 1. The Morgan fingerprint density at radius 2 is 2.00 bits per heavy atom. The average molecular weight is 438 g/mol. The van der Waals surface area contributed by atoms with Crippen molar-refractivity contribution in [2.24, 2.45) is 13.0 Å². The summed E-state index contributed by atoms with van der Waals surface area (Å²) >= 11 is 1.48. The zero-order valence-electron chi connectivity index (χ0n) is 18.4. The second-order valence-electron chi connectivity index (χ2n) is 8.07. The van der Waals surface area contributed by atoms with Crippen LogP contribution in [-0.4, -0.2) is 32.3 Å². The highest BCUT2D eigenvalue weighted by atomic mass is 32.1. The molecule has 3 aromatic heterocycles. The number of fused-ring (bicyclic) bond motifs is 1. The van der Waals surface area contributed by atoms with Crippen molar-refractivity contribution in [2.45, 2.75) is 33.4 Å². The van der Waals surface area contributed by atoms with Crippen LogP contribution < -0.4 is 10.1 Å².